The molecule has 0 unspecified atom stereocenters. The number of aryl methyl sites for hydroxylation is 2. The van der Waals surface area contributed by atoms with E-state index in [1.54, 1.807) is 0 Å². The van der Waals surface area contributed by atoms with Gasteiger partial charge in [-0.3, -0.25) is 29.8 Å². The summed E-state index contributed by atoms with van der Waals surface area (Å²) in [6, 6.07) is 4.76. The molecule has 0 aliphatic heterocycles. The minimum absolute atomic E-state index is 0.0584. The lowest BCUT2D eigenvalue weighted by molar-refractivity contribution is -0.385. The van der Waals surface area contributed by atoms with Crippen molar-refractivity contribution in [2.75, 3.05) is 18.7 Å². The highest BCUT2D eigenvalue weighted by Crippen LogP contribution is 2.27. The predicted octanol–water partition coefficient (Wildman–Crippen LogP) is 1.17. The first-order valence-corrected chi connectivity index (χ1v) is 12.3. The molecule has 2 aromatic carbocycles. The Balaban J connectivity index is 0.000000273. The molecule has 17 heteroatoms. The third-order valence-corrected chi connectivity index (χ3v) is 5.74. The molecule has 0 saturated carbocycles. The van der Waals surface area contributed by atoms with E-state index < -0.39 is 42.8 Å². The molecular formula is C21H21N5O11S. The van der Waals surface area contributed by atoms with Crippen molar-refractivity contribution in [3.05, 3.63) is 82.0 Å². The number of carbonyl (C=O) groups excluding carboxylic acids is 2. The van der Waals surface area contributed by atoms with E-state index in [1.807, 2.05) is 0 Å². The number of H-pyrrole nitrogens is 1. The zero-order chi connectivity index (χ0) is 28.9. The van der Waals surface area contributed by atoms with Gasteiger partial charge in [0, 0.05) is 29.5 Å². The summed E-state index contributed by atoms with van der Waals surface area (Å²) in [5.74, 6) is -1.55. The Bertz CT molecular complexity index is 1690. The zero-order valence-electron chi connectivity index (χ0n) is 20.3. The number of methoxy groups -OCH3 is 1. The average Bonchev–Trinajstić information content (AvgIpc) is 2.80. The quantitative estimate of drug-likeness (QED) is 0.183. The number of nitrogens with zero attached hydrogens (tertiary/aromatic N) is 3. The van der Waals surface area contributed by atoms with Crippen molar-refractivity contribution < 1.29 is 32.6 Å². The first-order chi connectivity index (χ1) is 17.6. The molecule has 1 aromatic heterocycles. The molecule has 3 rings (SSSR count). The summed E-state index contributed by atoms with van der Waals surface area (Å²) >= 11 is 0. The molecule has 3 aromatic rings. The Labute approximate surface area is 213 Å². The molecule has 38 heavy (non-hydrogen) atoms. The summed E-state index contributed by atoms with van der Waals surface area (Å²) in [6.45, 7) is 2.98. The van der Waals surface area contributed by atoms with E-state index in [4.69, 9.17) is 0 Å². The molecule has 0 radical (unpaired) electrons. The van der Waals surface area contributed by atoms with Gasteiger partial charge in [-0.05, 0) is 26.0 Å². The van der Waals surface area contributed by atoms with Crippen LogP contribution in [-0.4, -0.2) is 53.6 Å². The lowest BCUT2D eigenvalue weighted by atomic mass is 10.1. The minimum atomic E-state index is -3.62. The zero-order valence-corrected chi connectivity index (χ0v) is 21.2. The maximum atomic E-state index is 12.2. The van der Waals surface area contributed by atoms with Gasteiger partial charge < -0.3 is 15.0 Å². The molecule has 0 aliphatic rings. The maximum Gasteiger partial charge on any atom is 0.340 e. The van der Waals surface area contributed by atoms with Gasteiger partial charge in [0.1, 0.15) is 5.88 Å². The van der Waals surface area contributed by atoms with Crippen LogP contribution >= 0.6 is 0 Å². The molecule has 2 N–H and O–H groups in total. The fraction of sp³-hybridized carbons (Fsp3) is 0.238. The summed E-state index contributed by atoms with van der Waals surface area (Å²) in [4.78, 5) is 68.4. The van der Waals surface area contributed by atoms with E-state index in [2.05, 4.69) is 15.0 Å². The van der Waals surface area contributed by atoms with E-state index in [0.717, 1.165) is 25.5 Å². The number of hydrogen-bond donors (Lipinski definition) is 2. The Hall–Kier alpha value is -4.93. The number of nitro groups is 2. The first kappa shape index (κ1) is 29.3. The van der Waals surface area contributed by atoms with E-state index in [-0.39, 0.29) is 39.1 Å². The number of esters is 1. The molecule has 1 heterocycles. The van der Waals surface area contributed by atoms with Crippen molar-refractivity contribution in [1.82, 2.24) is 9.55 Å². The van der Waals surface area contributed by atoms with Crippen LogP contribution in [-0.2, 0) is 25.2 Å². The summed E-state index contributed by atoms with van der Waals surface area (Å²) in [6.07, 6.45) is 1.26. The van der Waals surface area contributed by atoms with Crippen LogP contribution in [0.1, 0.15) is 21.5 Å². The number of benzene rings is 2. The second-order valence-corrected chi connectivity index (χ2v) is 9.96. The Kier molecular flexibility index (Phi) is 8.80. The van der Waals surface area contributed by atoms with Crippen LogP contribution in [0.3, 0.4) is 0 Å². The highest BCUT2D eigenvalue weighted by Gasteiger charge is 2.20. The maximum absolute atomic E-state index is 12.2. The van der Waals surface area contributed by atoms with Crippen molar-refractivity contribution in [2.24, 2.45) is 0 Å². The molecule has 1 amide bonds. The third-order valence-electron chi connectivity index (χ3n) is 5.01. The number of carbonyl (C=O) groups is 2. The minimum Gasteiger partial charge on any atom is -0.465 e. The van der Waals surface area contributed by atoms with Crippen LogP contribution in [0, 0.1) is 34.1 Å². The molecular weight excluding hydrogens is 530 g/mol. The number of aromatic amines is 1. The average molecular weight is 551 g/mol. The second-order valence-electron chi connectivity index (χ2n) is 7.85. The van der Waals surface area contributed by atoms with Crippen LogP contribution in [0.4, 0.5) is 17.1 Å². The number of fused-ring (bicyclic) bond motifs is 1. The van der Waals surface area contributed by atoms with Crippen molar-refractivity contribution in [3.63, 3.8) is 0 Å². The third kappa shape index (κ3) is 6.64. The number of nitrogens with one attached hydrogen (secondary N) is 2. The summed E-state index contributed by atoms with van der Waals surface area (Å²) in [5, 5.41) is 23.8. The number of rotatable bonds is 7. The van der Waals surface area contributed by atoms with Gasteiger partial charge >= 0.3 is 11.7 Å². The molecule has 0 bridgehead atoms. The van der Waals surface area contributed by atoms with Crippen LogP contribution in [0.25, 0.3) is 10.9 Å². The predicted molar refractivity (Wildman–Crippen MR) is 134 cm³/mol. The smallest absolute Gasteiger partial charge is 0.340 e. The van der Waals surface area contributed by atoms with E-state index in [1.165, 1.54) is 26.0 Å². The van der Waals surface area contributed by atoms with Gasteiger partial charge in [0.2, 0.25) is 6.41 Å². The van der Waals surface area contributed by atoms with Crippen LogP contribution in [0.2, 0.25) is 0 Å². The molecule has 0 atom stereocenters. The Morgan fingerprint density at radius 3 is 2.13 bits per heavy atom. The molecule has 0 fully saturated rings. The number of nitro benzene ring substituents is 2. The number of hydrogen-bond acceptors (Lipinski definition) is 11. The van der Waals surface area contributed by atoms with Crippen LogP contribution in [0.15, 0.2) is 33.9 Å². The van der Waals surface area contributed by atoms with Gasteiger partial charge in [0.05, 0.1) is 39.1 Å². The van der Waals surface area contributed by atoms with Crippen molar-refractivity contribution in [1.29, 1.82) is 0 Å². The number of sulfone groups is 1. The van der Waals surface area contributed by atoms with Gasteiger partial charge in [-0.15, -0.1) is 0 Å². The lowest BCUT2D eigenvalue weighted by Crippen LogP contribution is -2.37. The first-order valence-electron chi connectivity index (χ1n) is 10.3. The molecule has 0 aliphatic carbocycles. The number of aromatic nitrogens is 2. The van der Waals surface area contributed by atoms with Gasteiger partial charge in [-0.1, -0.05) is 0 Å². The second kappa shape index (κ2) is 11.4. The van der Waals surface area contributed by atoms with Crippen LogP contribution < -0.4 is 16.6 Å². The number of ether oxygens (including phenoxy) is 1. The Morgan fingerprint density at radius 1 is 1.08 bits per heavy atom. The number of amides is 1. The van der Waals surface area contributed by atoms with Gasteiger partial charge in [0.25, 0.3) is 16.9 Å². The summed E-state index contributed by atoms with van der Waals surface area (Å²) in [5.41, 5.74) is -1.40. The molecule has 0 saturated heterocycles. The van der Waals surface area contributed by atoms with Gasteiger partial charge in [-0.25, -0.2) is 22.6 Å². The topological polar surface area (TPSA) is 231 Å². The van der Waals surface area contributed by atoms with E-state index in [0.29, 0.717) is 16.5 Å². The summed E-state index contributed by atoms with van der Waals surface area (Å²) in [7, 11) is -2.46. The fourth-order valence-electron chi connectivity index (χ4n) is 3.30. The monoisotopic (exact) mass is 551 g/mol. The van der Waals surface area contributed by atoms with E-state index in [9.17, 15) is 47.8 Å². The molecule has 202 valence electrons. The fourth-order valence-corrected chi connectivity index (χ4v) is 4.00. The lowest BCUT2D eigenvalue weighted by Gasteiger charge is -2.08. The summed E-state index contributed by atoms with van der Waals surface area (Å²) < 4.78 is 27.5. The van der Waals surface area contributed by atoms with Crippen LogP contribution in [0.5, 0.6) is 0 Å². The largest absolute Gasteiger partial charge is 0.465 e. The highest BCUT2D eigenvalue weighted by molar-refractivity contribution is 7.89. The van der Waals surface area contributed by atoms with Gasteiger partial charge in [-0.2, -0.15) is 0 Å². The highest BCUT2D eigenvalue weighted by atomic mass is 32.2. The van der Waals surface area contributed by atoms with E-state index >= 15 is 0 Å². The Morgan fingerprint density at radius 2 is 1.63 bits per heavy atom. The SMILES string of the molecule is COC(=O)c1cc([N+](=O)[O-])c(C)cc1NC=O.Cc1cc2[nH]c(=O)n(CS(C)(=O)=O)c(=O)c2cc1[N+](=O)[O-]. The standard InChI is InChI=1S/C11H11N3O6S.C10H10N2O5/c1-6-3-8-7(4-9(6)14(17)18)10(15)13(11(16)12-8)5-21(2,19)20;1-6-3-8(11-5-13)7(10(14)17-2)4-9(6)12(15)16/h3-4H,5H2,1-2H3,(H,12,16);3-5H,1-2H3,(H,11,13). The van der Waals surface area contributed by atoms with Crippen molar-refractivity contribution in [3.8, 4) is 0 Å². The van der Waals surface area contributed by atoms with Crippen molar-refractivity contribution in [2.45, 2.75) is 19.7 Å². The number of anilines is 1. The molecule has 0 spiro atoms. The van der Waals surface area contributed by atoms with Crippen molar-refractivity contribution >= 4 is 50.2 Å². The normalized spacial score (nSPS) is 10.7. The van der Waals surface area contributed by atoms with Gasteiger partial charge in [0.15, 0.2) is 9.84 Å². The molecule has 16 nitrogen and oxygen atoms in total.